The number of benzene rings is 2. The Hall–Kier alpha value is -2.44. The highest BCUT2D eigenvalue weighted by Crippen LogP contribution is 2.26. The van der Waals surface area contributed by atoms with Gasteiger partial charge in [-0.2, -0.15) is 0 Å². The first-order valence-electron chi connectivity index (χ1n) is 6.41. The zero-order chi connectivity index (χ0) is 14.8. The molecule has 0 aliphatic rings. The van der Waals surface area contributed by atoms with E-state index in [1.54, 1.807) is 12.1 Å². The van der Waals surface area contributed by atoms with Gasteiger partial charge in [-0.15, -0.1) is 0 Å². The quantitative estimate of drug-likeness (QED) is 0.512. The first-order chi connectivity index (χ1) is 10.2. The molecule has 21 heavy (non-hydrogen) atoms. The number of aryl methyl sites for hydroxylation is 1. The second-order valence-corrected chi connectivity index (χ2v) is 5.65. The summed E-state index contributed by atoms with van der Waals surface area (Å²) < 4.78 is 1.05. The summed E-state index contributed by atoms with van der Waals surface area (Å²) in [5.74, 6) is 5.18. The molecule has 0 radical (unpaired) electrons. The monoisotopic (exact) mass is 298 g/mol. The summed E-state index contributed by atoms with van der Waals surface area (Å²) in [6, 6.07) is 13.1. The van der Waals surface area contributed by atoms with Crippen molar-refractivity contribution in [3.63, 3.8) is 0 Å². The van der Waals surface area contributed by atoms with Crippen molar-refractivity contribution in [1.29, 1.82) is 0 Å². The molecule has 3 rings (SSSR count). The smallest absolute Gasteiger partial charge is 0.257 e. The lowest BCUT2D eigenvalue weighted by atomic mass is 10.1. The maximum Gasteiger partial charge on any atom is 0.257 e. The van der Waals surface area contributed by atoms with E-state index in [0.29, 0.717) is 10.7 Å². The van der Waals surface area contributed by atoms with Crippen molar-refractivity contribution in [3.8, 4) is 0 Å². The van der Waals surface area contributed by atoms with Crippen molar-refractivity contribution in [1.82, 2.24) is 4.98 Å². The fourth-order valence-corrected chi connectivity index (χ4v) is 2.96. The third-order valence-corrected chi connectivity index (χ3v) is 4.10. The molecule has 0 unspecified atom stereocenters. The highest BCUT2D eigenvalue weighted by Gasteiger charge is 2.12. The molecule has 3 aromatic rings. The van der Waals surface area contributed by atoms with Crippen molar-refractivity contribution in [2.75, 3.05) is 10.7 Å². The molecule has 0 aliphatic carbocycles. The number of fused-ring (bicyclic) bond motifs is 1. The lowest BCUT2D eigenvalue weighted by Gasteiger charge is -2.07. The summed E-state index contributed by atoms with van der Waals surface area (Å²) in [5.41, 5.74) is 5.67. The number of aromatic nitrogens is 1. The molecule has 5 nitrogen and oxygen atoms in total. The van der Waals surface area contributed by atoms with Gasteiger partial charge in [-0.05, 0) is 42.8 Å². The van der Waals surface area contributed by atoms with E-state index in [2.05, 4.69) is 15.7 Å². The van der Waals surface area contributed by atoms with E-state index in [9.17, 15) is 4.79 Å². The number of nitrogen functional groups attached to an aromatic ring is 1. The van der Waals surface area contributed by atoms with Crippen LogP contribution in [0.4, 0.5) is 10.8 Å². The van der Waals surface area contributed by atoms with Gasteiger partial charge in [0.1, 0.15) is 0 Å². The number of hydrogen-bond donors (Lipinski definition) is 3. The first kappa shape index (κ1) is 13.5. The predicted molar refractivity (Wildman–Crippen MR) is 86.6 cm³/mol. The molecule has 0 saturated carbocycles. The molecule has 0 spiro atoms. The molecule has 1 heterocycles. The number of nitrogens with zero attached hydrogens (tertiary/aromatic N) is 1. The average Bonchev–Trinajstić information content (AvgIpc) is 2.88. The number of nitrogens with one attached hydrogen (secondary N) is 2. The van der Waals surface area contributed by atoms with E-state index >= 15 is 0 Å². The SMILES string of the molecule is Cc1cc(NN)ccc1C(=O)Nc1nc2ccccc2s1. The Bertz CT molecular complexity index is 779. The second kappa shape index (κ2) is 5.51. The Labute approximate surface area is 125 Å². The van der Waals surface area contributed by atoms with Crippen molar-refractivity contribution < 1.29 is 4.79 Å². The van der Waals surface area contributed by atoms with Crippen LogP contribution in [0.3, 0.4) is 0 Å². The maximum atomic E-state index is 12.3. The number of thiazole rings is 1. The van der Waals surface area contributed by atoms with Gasteiger partial charge < -0.3 is 5.43 Å². The second-order valence-electron chi connectivity index (χ2n) is 4.61. The van der Waals surface area contributed by atoms with Crippen LogP contribution in [0.2, 0.25) is 0 Å². The molecular formula is C15H14N4OS. The Morgan fingerprint density at radius 1 is 1.24 bits per heavy atom. The third-order valence-electron chi connectivity index (χ3n) is 3.15. The topological polar surface area (TPSA) is 80.0 Å². The van der Waals surface area contributed by atoms with Crippen LogP contribution < -0.4 is 16.6 Å². The molecule has 0 fully saturated rings. The van der Waals surface area contributed by atoms with Crippen LogP contribution in [0, 0.1) is 6.92 Å². The average molecular weight is 298 g/mol. The van der Waals surface area contributed by atoms with Gasteiger partial charge >= 0.3 is 0 Å². The van der Waals surface area contributed by atoms with Crippen molar-refractivity contribution in [2.45, 2.75) is 6.92 Å². The van der Waals surface area contributed by atoms with Crippen molar-refractivity contribution in [2.24, 2.45) is 5.84 Å². The van der Waals surface area contributed by atoms with E-state index in [1.165, 1.54) is 11.3 Å². The third kappa shape index (κ3) is 2.72. The zero-order valence-electron chi connectivity index (χ0n) is 11.4. The largest absolute Gasteiger partial charge is 0.324 e. The van der Waals surface area contributed by atoms with Gasteiger partial charge in [0.25, 0.3) is 5.91 Å². The summed E-state index contributed by atoms with van der Waals surface area (Å²) in [4.78, 5) is 16.7. The molecule has 0 bridgehead atoms. The zero-order valence-corrected chi connectivity index (χ0v) is 12.2. The Kier molecular flexibility index (Phi) is 3.55. The van der Waals surface area contributed by atoms with Gasteiger partial charge in [0.2, 0.25) is 0 Å². The van der Waals surface area contributed by atoms with Crippen LogP contribution in [0.15, 0.2) is 42.5 Å². The summed E-state index contributed by atoms with van der Waals surface area (Å²) in [5, 5.41) is 3.44. The fraction of sp³-hybridized carbons (Fsp3) is 0.0667. The van der Waals surface area contributed by atoms with Crippen LogP contribution in [0.5, 0.6) is 0 Å². The first-order valence-corrected chi connectivity index (χ1v) is 7.23. The normalized spacial score (nSPS) is 10.6. The summed E-state index contributed by atoms with van der Waals surface area (Å²) in [7, 11) is 0. The molecule has 2 aromatic carbocycles. The maximum absolute atomic E-state index is 12.3. The van der Waals surface area contributed by atoms with Crippen molar-refractivity contribution in [3.05, 3.63) is 53.6 Å². The molecule has 0 atom stereocenters. The predicted octanol–water partition coefficient (Wildman–Crippen LogP) is 3.14. The number of hydrogen-bond acceptors (Lipinski definition) is 5. The van der Waals surface area contributed by atoms with E-state index in [-0.39, 0.29) is 5.91 Å². The van der Waals surface area contributed by atoms with Gasteiger partial charge in [-0.25, -0.2) is 4.98 Å². The van der Waals surface area contributed by atoms with Gasteiger partial charge in [-0.1, -0.05) is 23.5 Å². The number of rotatable bonds is 3. The Morgan fingerprint density at radius 3 is 2.76 bits per heavy atom. The molecule has 0 saturated heterocycles. The van der Waals surface area contributed by atoms with Crippen LogP contribution >= 0.6 is 11.3 Å². The van der Waals surface area contributed by atoms with E-state index < -0.39 is 0 Å². The molecular weight excluding hydrogens is 284 g/mol. The minimum Gasteiger partial charge on any atom is -0.324 e. The molecule has 0 aliphatic heterocycles. The summed E-state index contributed by atoms with van der Waals surface area (Å²) in [6.07, 6.45) is 0. The standard InChI is InChI=1S/C15H14N4OS/c1-9-8-10(19-16)6-7-11(9)14(20)18-15-17-12-4-2-3-5-13(12)21-15/h2-8,19H,16H2,1H3,(H,17,18,20). The number of para-hydroxylation sites is 1. The fourth-order valence-electron chi connectivity index (χ4n) is 2.10. The van der Waals surface area contributed by atoms with E-state index in [0.717, 1.165) is 21.5 Å². The lowest BCUT2D eigenvalue weighted by Crippen LogP contribution is -2.14. The molecule has 6 heteroatoms. The van der Waals surface area contributed by atoms with Gasteiger partial charge in [-0.3, -0.25) is 16.0 Å². The molecule has 106 valence electrons. The van der Waals surface area contributed by atoms with Crippen LogP contribution in [-0.4, -0.2) is 10.9 Å². The number of anilines is 2. The minimum atomic E-state index is -0.171. The summed E-state index contributed by atoms with van der Waals surface area (Å²) in [6.45, 7) is 1.87. The molecule has 1 aromatic heterocycles. The molecule has 4 N–H and O–H groups in total. The molecule has 1 amide bonds. The van der Waals surface area contributed by atoms with Crippen LogP contribution in [-0.2, 0) is 0 Å². The summed E-state index contributed by atoms with van der Waals surface area (Å²) >= 11 is 1.46. The minimum absolute atomic E-state index is 0.171. The highest BCUT2D eigenvalue weighted by atomic mass is 32.1. The number of carbonyl (C=O) groups is 1. The van der Waals surface area contributed by atoms with Gasteiger partial charge in [0.15, 0.2) is 5.13 Å². The van der Waals surface area contributed by atoms with Crippen molar-refractivity contribution >= 4 is 38.3 Å². The Morgan fingerprint density at radius 2 is 2.05 bits per heavy atom. The van der Waals surface area contributed by atoms with Gasteiger partial charge in [0.05, 0.1) is 10.2 Å². The van der Waals surface area contributed by atoms with Gasteiger partial charge in [0, 0.05) is 11.3 Å². The van der Waals surface area contributed by atoms with E-state index in [4.69, 9.17) is 5.84 Å². The van der Waals surface area contributed by atoms with Crippen LogP contribution in [0.25, 0.3) is 10.2 Å². The highest BCUT2D eigenvalue weighted by molar-refractivity contribution is 7.22. The number of amides is 1. The Balaban J connectivity index is 1.85. The number of nitrogens with two attached hydrogens (primary N) is 1. The van der Waals surface area contributed by atoms with E-state index in [1.807, 2.05) is 37.3 Å². The van der Waals surface area contributed by atoms with Crippen LogP contribution in [0.1, 0.15) is 15.9 Å². The number of hydrazine groups is 1. The number of carbonyl (C=O) groups excluding carboxylic acids is 1. The lowest BCUT2D eigenvalue weighted by molar-refractivity contribution is 0.102.